The molecule has 1 aliphatic rings. The lowest BCUT2D eigenvalue weighted by molar-refractivity contribution is 0.0191. The average molecular weight is 328 g/mol. The van der Waals surface area contributed by atoms with Gasteiger partial charge in [-0.05, 0) is 36.6 Å². The minimum Gasteiger partial charge on any atom is -0.497 e. The Balaban J connectivity index is 1.97. The summed E-state index contributed by atoms with van der Waals surface area (Å²) in [5.74, 6) is 0.854. The molecule has 1 saturated carbocycles. The van der Waals surface area contributed by atoms with Gasteiger partial charge in [-0.1, -0.05) is 35.2 Å². The summed E-state index contributed by atoms with van der Waals surface area (Å²) in [6.45, 7) is 0.580. The van der Waals surface area contributed by atoms with Gasteiger partial charge in [-0.25, -0.2) is 0 Å². The third-order valence-electron chi connectivity index (χ3n) is 3.71. The number of benzene rings is 1. The molecule has 1 fully saturated rings. The van der Waals surface area contributed by atoms with Crippen molar-refractivity contribution in [1.29, 1.82) is 0 Å². The van der Waals surface area contributed by atoms with Crippen LogP contribution < -0.4 is 10.5 Å². The smallest absolute Gasteiger partial charge is 0.119 e. The average Bonchev–Trinajstić information content (AvgIpc) is 2.63. The topological polar surface area (TPSA) is 44.5 Å². The van der Waals surface area contributed by atoms with E-state index in [9.17, 15) is 0 Å². The van der Waals surface area contributed by atoms with E-state index in [-0.39, 0.29) is 12.1 Å². The number of methoxy groups -OCH3 is 1. The maximum atomic E-state index is 6.18. The monoisotopic (exact) mass is 327 g/mol. The van der Waals surface area contributed by atoms with Crippen molar-refractivity contribution < 1.29 is 9.47 Å². The Morgan fingerprint density at radius 1 is 1.26 bits per heavy atom. The molecule has 2 rings (SSSR count). The summed E-state index contributed by atoms with van der Waals surface area (Å²) in [5, 5.41) is 0. The highest BCUT2D eigenvalue weighted by Gasteiger charge is 2.21. The molecular weight excluding hydrogens is 306 g/mol. The molecule has 0 spiro atoms. The van der Waals surface area contributed by atoms with Crippen molar-refractivity contribution in [3.8, 4) is 5.75 Å². The first-order valence-electron chi connectivity index (χ1n) is 6.90. The minimum absolute atomic E-state index is 0.173. The molecule has 0 heterocycles. The first-order valence-corrected chi connectivity index (χ1v) is 7.69. The van der Waals surface area contributed by atoms with Crippen LogP contribution in [0.5, 0.6) is 5.75 Å². The lowest BCUT2D eigenvalue weighted by Gasteiger charge is -2.22. The molecule has 0 bridgehead atoms. The van der Waals surface area contributed by atoms with Crippen molar-refractivity contribution in [2.45, 2.75) is 50.9 Å². The van der Waals surface area contributed by atoms with Gasteiger partial charge in [-0.15, -0.1) is 0 Å². The van der Waals surface area contributed by atoms with E-state index in [2.05, 4.69) is 15.9 Å². The molecule has 2 unspecified atom stereocenters. The fraction of sp³-hybridized carbons (Fsp3) is 0.600. The summed E-state index contributed by atoms with van der Waals surface area (Å²) in [6.07, 6.45) is 6.05. The minimum atomic E-state index is 0.173. The molecule has 0 amide bonds. The molecule has 19 heavy (non-hydrogen) atoms. The van der Waals surface area contributed by atoms with Gasteiger partial charge >= 0.3 is 0 Å². The van der Waals surface area contributed by atoms with E-state index in [1.807, 2.05) is 18.2 Å². The molecule has 0 aliphatic heterocycles. The van der Waals surface area contributed by atoms with E-state index >= 15 is 0 Å². The maximum absolute atomic E-state index is 6.18. The Labute approximate surface area is 123 Å². The Hall–Kier alpha value is -0.580. The molecule has 0 saturated heterocycles. The summed E-state index contributed by atoms with van der Waals surface area (Å²) in [6, 6.07) is 6.11. The Morgan fingerprint density at radius 2 is 2.05 bits per heavy atom. The van der Waals surface area contributed by atoms with E-state index in [1.54, 1.807) is 7.11 Å². The van der Waals surface area contributed by atoms with E-state index in [0.717, 1.165) is 28.6 Å². The number of ether oxygens (including phenoxy) is 2. The molecule has 4 heteroatoms. The number of nitrogens with two attached hydrogens (primary N) is 1. The lowest BCUT2D eigenvalue weighted by atomic mass is 10.1. The van der Waals surface area contributed by atoms with Gasteiger partial charge in [0.05, 0.1) is 19.8 Å². The molecule has 2 N–H and O–H groups in total. The number of hydrogen-bond donors (Lipinski definition) is 1. The number of halogens is 1. The van der Waals surface area contributed by atoms with Gasteiger partial charge in [0.15, 0.2) is 0 Å². The van der Waals surface area contributed by atoms with Gasteiger partial charge in [0, 0.05) is 10.5 Å². The van der Waals surface area contributed by atoms with Crippen molar-refractivity contribution in [1.82, 2.24) is 0 Å². The molecule has 0 aromatic heterocycles. The fourth-order valence-corrected chi connectivity index (χ4v) is 2.86. The second-order valence-corrected chi connectivity index (χ2v) is 5.96. The van der Waals surface area contributed by atoms with Crippen LogP contribution in [-0.2, 0) is 11.3 Å². The van der Waals surface area contributed by atoms with Crippen LogP contribution in [0.2, 0.25) is 0 Å². The van der Waals surface area contributed by atoms with Crippen LogP contribution in [0.15, 0.2) is 22.7 Å². The first kappa shape index (κ1) is 14.8. The van der Waals surface area contributed by atoms with Gasteiger partial charge in [-0.2, -0.15) is 0 Å². The molecule has 1 aromatic rings. The van der Waals surface area contributed by atoms with Crippen molar-refractivity contribution in [2.24, 2.45) is 5.73 Å². The van der Waals surface area contributed by atoms with E-state index in [1.165, 1.54) is 19.3 Å². The normalized spacial score (nSPS) is 23.9. The van der Waals surface area contributed by atoms with E-state index < -0.39 is 0 Å². The zero-order chi connectivity index (χ0) is 13.7. The first-order chi connectivity index (χ1) is 9.20. The quantitative estimate of drug-likeness (QED) is 0.859. The lowest BCUT2D eigenvalue weighted by Crippen LogP contribution is -2.35. The zero-order valence-corrected chi connectivity index (χ0v) is 13.0. The predicted octanol–water partition coefficient (Wildman–Crippen LogP) is 3.63. The largest absolute Gasteiger partial charge is 0.497 e. The van der Waals surface area contributed by atoms with Gasteiger partial charge < -0.3 is 15.2 Å². The summed E-state index contributed by atoms with van der Waals surface area (Å²) in [5.41, 5.74) is 7.28. The molecule has 1 aromatic carbocycles. The second-order valence-electron chi connectivity index (χ2n) is 5.11. The summed E-state index contributed by atoms with van der Waals surface area (Å²) < 4.78 is 12.3. The standard InChI is InChI=1S/C15H22BrNO2/c1-18-12-7-8-13(16)11(9-12)10-19-15-6-4-2-3-5-14(15)17/h7-9,14-15H,2-6,10,17H2,1H3. The Kier molecular flexibility index (Phi) is 5.67. The molecule has 0 radical (unpaired) electrons. The van der Waals surface area contributed by atoms with Gasteiger partial charge in [-0.3, -0.25) is 0 Å². The Bertz CT molecular complexity index is 411. The highest BCUT2D eigenvalue weighted by atomic mass is 79.9. The maximum Gasteiger partial charge on any atom is 0.119 e. The number of hydrogen-bond acceptors (Lipinski definition) is 3. The molecular formula is C15H22BrNO2. The van der Waals surface area contributed by atoms with Gasteiger partial charge in [0.1, 0.15) is 5.75 Å². The van der Waals surface area contributed by atoms with Crippen LogP contribution in [0.3, 0.4) is 0 Å². The van der Waals surface area contributed by atoms with Crippen molar-refractivity contribution in [2.75, 3.05) is 7.11 Å². The molecule has 106 valence electrons. The van der Waals surface area contributed by atoms with Crippen LogP contribution in [0.25, 0.3) is 0 Å². The van der Waals surface area contributed by atoms with Crippen LogP contribution in [0, 0.1) is 0 Å². The molecule has 1 aliphatic carbocycles. The Morgan fingerprint density at radius 3 is 2.84 bits per heavy atom. The zero-order valence-electron chi connectivity index (χ0n) is 11.4. The molecule has 3 nitrogen and oxygen atoms in total. The summed E-state index contributed by atoms with van der Waals surface area (Å²) in [7, 11) is 1.68. The summed E-state index contributed by atoms with van der Waals surface area (Å²) >= 11 is 3.55. The summed E-state index contributed by atoms with van der Waals surface area (Å²) in [4.78, 5) is 0. The SMILES string of the molecule is COc1ccc(Br)c(COC2CCCCCC2N)c1. The fourth-order valence-electron chi connectivity index (χ4n) is 2.49. The van der Waals surface area contributed by atoms with E-state index in [4.69, 9.17) is 15.2 Å². The van der Waals surface area contributed by atoms with Crippen LogP contribution in [0.1, 0.15) is 37.7 Å². The third kappa shape index (κ3) is 4.20. The van der Waals surface area contributed by atoms with Gasteiger partial charge in [0.25, 0.3) is 0 Å². The van der Waals surface area contributed by atoms with Crippen molar-refractivity contribution in [3.05, 3.63) is 28.2 Å². The predicted molar refractivity (Wildman–Crippen MR) is 80.3 cm³/mol. The second kappa shape index (κ2) is 7.27. The van der Waals surface area contributed by atoms with Crippen LogP contribution in [0.4, 0.5) is 0 Å². The van der Waals surface area contributed by atoms with Crippen molar-refractivity contribution >= 4 is 15.9 Å². The van der Waals surface area contributed by atoms with Gasteiger partial charge in [0.2, 0.25) is 0 Å². The van der Waals surface area contributed by atoms with Crippen molar-refractivity contribution in [3.63, 3.8) is 0 Å². The highest BCUT2D eigenvalue weighted by Crippen LogP contribution is 2.25. The number of rotatable bonds is 4. The third-order valence-corrected chi connectivity index (χ3v) is 4.48. The molecule has 2 atom stereocenters. The van der Waals surface area contributed by atoms with Crippen LogP contribution >= 0.6 is 15.9 Å². The van der Waals surface area contributed by atoms with E-state index in [0.29, 0.717) is 6.61 Å². The van der Waals surface area contributed by atoms with Crippen LogP contribution in [-0.4, -0.2) is 19.3 Å². The highest BCUT2D eigenvalue weighted by molar-refractivity contribution is 9.10.